The van der Waals surface area contributed by atoms with Crippen molar-refractivity contribution in [1.82, 2.24) is 18.8 Å². The molecular formula is C21H29F2N5O3S. The van der Waals surface area contributed by atoms with E-state index in [1.54, 1.807) is 32.3 Å². The quantitative estimate of drug-likeness (QED) is 0.609. The lowest BCUT2D eigenvalue weighted by molar-refractivity contribution is -0.117. The van der Waals surface area contributed by atoms with Crippen LogP contribution in [-0.2, 0) is 21.4 Å². The molecule has 1 aliphatic carbocycles. The summed E-state index contributed by atoms with van der Waals surface area (Å²) in [5, 5.41) is 2.66. The third kappa shape index (κ3) is 5.70. The molecule has 0 bridgehead atoms. The number of amides is 1. The first kappa shape index (κ1) is 24.3. The van der Waals surface area contributed by atoms with Crippen molar-refractivity contribution >= 4 is 21.6 Å². The summed E-state index contributed by atoms with van der Waals surface area (Å²) in [5.74, 6) is -0.321. The smallest absolute Gasteiger partial charge is 0.319 e. The summed E-state index contributed by atoms with van der Waals surface area (Å²) in [6.45, 7) is -2.80. The molecule has 1 aliphatic rings. The van der Waals surface area contributed by atoms with E-state index in [0.29, 0.717) is 0 Å². The number of aromatic nitrogens is 2. The molecule has 1 N–H and O–H groups in total. The minimum Gasteiger partial charge on any atom is -0.324 e. The van der Waals surface area contributed by atoms with E-state index in [4.69, 9.17) is 0 Å². The first-order chi connectivity index (χ1) is 15.2. The van der Waals surface area contributed by atoms with E-state index < -0.39 is 22.5 Å². The van der Waals surface area contributed by atoms with Crippen LogP contribution < -0.4 is 5.32 Å². The highest BCUT2D eigenvalue weighted by Crippen LogP contribution is 2.29. The number of rotatable bonds is 9. The fourth-order valence-electron chi connectivity index (χ4n) is 3.97. The molecule has 1 aromatic carbocycles. The van der Waals surface area contributed by atoms with E-state index in [0.717, 1.165) is 36.7 Å². The second kappa shape index (κ2) is 10.5. The van der Waals surface area contributed by atoms with Crippen LogP contribution in [0, 0.1) is 0 Å². The molecule has 1 saturated carbocycles. The van der Waals surface area contributed by atoms with E-state index in [1.165, 1.54) is 27.7 Å². The Bertz CT molecular complexity index is 1020. The fraction of sp³-hybridized carbons (Fsp3) is 0.524. The van der Waals surface area contributed by atoms with Gasteiger partial charge in [0.25, 0.3) is 0 Å². The average Bonchev–Trinajstić information content (AvgIpc) is 3.22. The standard InChI is InChI=1S/C21H29F2N5O3S/c1-26(14-19-24-12-13-28(19)21(22)23)15-20(29)25-17-10-6-7-11-18(17)32(30,31)27(2)16-8-4-3-5-9-16/h6-7,10-13,16,21H,3-5,8-9,14-15H2,1-2H3,(H,25,29). The summed E-state index contributed by atoms with van der Waals surface area (Å²) in [5.41, 5.74) is 0.197. The summed E-state index contributed by atoms with van der Waals surface area (Å²) in [6.07, 6.45) is 7.21. The van der Waals surface area contributed by atoms with Gasteiger partial charge in [-0.3, -0.25) is 14.3 Å². The van der Waals surface area contributed by atoms with Crippen molar-refractivity contribution in [3.05, 3.63) is 42.5 Å². The van der Waals surface area contributed by atoms with Gasteiger partial charge in [0.15, 0.2) is 0 Å². The largest absolute Gasteiger partial charge is 0.324 e. The van der Waals surface area contributed by atoms with Crippen molar-refractivity contribution in [2.75, 3.05) is 26.0 Å². The molecule has 0 atom stereocenters. The lowest BCUT2D eigenvalue weighted by Gasteiger charge is -2.31. The fourth-order valence-corrected chi connectivity index (χ4v) is 5.53. The highest BCUT2D eigenvalue weighted by molar-refractivity contribution is 7.89. The second-order valence-electron chi connectivity index (χ2n) is 8.06. The molecule has 1 aromatic heterocycles. The third-order valence-corrected chi connectivity index (χ3v) is 7.66. The topological polar surface area (TPSA) is 87.5 Å². The van der Waals surface area contributed by atoms with Crippen LogP contribution in [0.1, 0.15) is 44.5 Å². The molecule has 1 amide bonds. The molecule has 1 heterocycles. The number of benzene rings is 1. The Morgan fingerprint density at radius 3 is 2.59 bits per heavy atom. The number of alkyl halides is 2. The van der Waals surface area contributed by atoms with E-state index in [1.807, 2.05) is 0 Å². The highest BCUT2D eigenvalue weighted by atomic mass is 32.2. The summed E-state index contributed by atoms with van der Waals surface area (Å²) >= 11 is 0. The molecule has 0 aliphatic heterocycles. The lowest BCUT2D eigenvalue weighted by Crippen LogP contribution is -2.38. The monoisotopic (exact) mass is 469 g/mol. The van der Waals surface area contributed by atoms with Gasteiger partial charge in [0.2, 0.25) is 15.9 Å². The first-order valence-corrected chi connectivity index (χ1v) is 12.0. The number of hydrogen-bond acceptors (Lipinski definition) is 5. The van der Waals surface area contributed by atoms with Gasteiger partial charge in [-0.2, -0.15) is 13.1 Å². The number of para-hydroxylation sites is 1. The number of halogens is 2. The van der Waals surface area contributed by atoms with Crippen molar-refractivity contribution in [2.24, 2.45) is 0 Å². The van der Waals surface area contributed by atoms with E-state index in [-0.39, 0.29) is 35.5 Å². The Labute approximate surface area is 187 Å². The van der Waals surface area contributed by atoms with Crippen molar-refractivity contribution in [3.63, 3.8) is 0 Å². The Balaban J connectivity index is 1.68. The van der Waals surface area contributed by atoms with Gasteiger partial charge in [-0.15, -0.1) is 0 Å². The first-order valence-electron chi connectivity index (χ1n) is 10.6. The van der Waals surface area contributed by atoms with Crippen LogP contribution >= 0.6 is 0 Å². The molecule has 11 heteroatoms. The summed E-state index contributed by atoms with van der Waals surface area (Å²) in [7, 11) is -0.604. The minimum atomic E-state index is -3.79. The van der Waals surface area contributed by atoms with Gasteiger partial charge < -0.3 is 5.32 Å². The number of anilines is 1. The van der Waals surface area contributed by atoms with E-state index >= 15 is 0 Å². The number of imidazole rings is 1. The SMILES string of the molecule is CN(CC(=O)Nc1ccccc1S(=O)(=O)N(C)C1CCCCC1)Cc1nccn1C(F)F. The molecule has 2 aromatic rings. The number of nitrogens with one attached hydrogen (secondary N) is 1. The van der Waals surface area contributed by atoms with Crippen LogP contribution in [0.15, 0.2) is 41.6 Å². The van der Waals surface area contributed by atoms with Gasteiger partial charge in [0.1, 0.15) is 10.7 Å². The van der Waals surface area contributed by atoms with Crippen molar-refractivity contribution in [3.8, 4) is 0 Å². The zero-order valence-electron chi connectivity index (χ0n) is 18.2. The van der Waals surface area contributed by atoms with Gasteiger partial charge >= 0.3 is 6.55 Å². The summed E-state index contributed by atoms with van der Waals surface area (Å²) < 4.78 is 54.6. The predicted molar refractivity (Wildman–Crippen MR) is 117 cm³/mol. The lowest BCUT2D eigenvalue weighted by atomic mass is 9.96. The van der Waals surface area contributed by atoms with Crippen LogP contribution in [0.4, 0.5) is 14.5 Å². The molecule has 0 spiro atoms. The van der Waals surface area contributed by atoms with Gasteiger partial charge in [-0.25, -0.2) is 13.4 Å². The number of carbonyl (C=O) groups excluding carboxylic acids is 1. The maximum atomic E-state index is 13.3. The molecule has 32 heavy (non-hydrogen) atoms. The maximum absolute atomic E-state index is 13.3. The van der Waals surface area contributed by atoms with Crippen LogP contribution in [0.25, 0.3) is 0 Å². The van der Waals surface area contributed by atoms with Gasteiger partial charge in [0.05, 0.1) is 18.8 Å². The Hall–Kier alpha value is -2.37. The molecule has 176 valence electrons. The molecule has 3 rings (SSSR count). The van der Waals surface area contributed by atoms with E-state index in [9.17, 15) is 22.0 Å². The number of hydrogen-bond donors (Lipinski definition) is 1. The normalized spacial score (nSPS) is 15.6. The number of nitrogens with zero attached hydrogens (tertiary/aromatic N) is 4. The Morgan fingerprint density at radius 2 is 1.91 bits per heavy atom. The molecule has 0 saturated heterocycles. The van der Waals surface area contributed by atoms with Crippen LogP contribution in [0.3, 0.4) is 0 Å². The second-order valence-corrected chi connectivity index (χ2v) is 10.0. The zero-order chi connectivity index (χ0) is 23.3. The van der Waals surface area contributed by atoms with Gasteiger partial charge in [0, 0.05) is 25.5 Å². The van der Waals surface area contributed by atoms with Crippen molar-refractivity contribution in [1.29, 1.82) is 0 Å². The predicted octanol–water partition coefficient (Wildman–Crippen LogP) is 3.30. The van der Waals surface area contributed by atoms with Crippen LogP contribution in [0.5, 0.6) is 0 Å². The van der Waals surface area contributed by atoms with Gasteiger partial charge in [-0.05, 0) is 32.0 Å². The average molecular weight is 470 g/mol. The van der Waals surface area contributed by atoms with Crippen LogP contribution in [0.2, 0.25) is 0 Å². The maximum Gasteiger partial charge on any atom is 0.319 e. The third-order valence-electron chi connectivity index (χ3n) is 5.69. The number of sulfonamides is 1. The van der Waals surface area contributed by atoms with Crippen molar-refractivity contribution in [2.45, 2.75) is 56.1 Å². The minimum absolute atomic E-state index is 0.0368. The van der Waals surface area contributed by atoms with Crippen molar-refractivity contribution < 1.29 is 22.0 Å². The van der Waals surface area contributed by atoms with Gasteiger partial charge in [-0.1, -0.05) is 31.4 Å². The van der Waals surface area contributed by atoms with Crippen LogP contribution in [-0.4, -0.2) is 59.8 Å². The Morgan fingerprint density at radius 1 is 1.22 bits per heavy atom. The molecular weight excluding hydrogens is 440 g/mol. The highest BCUT2D eigenvalue weighted by Gasteiger charge is 2.31. The number of likely N-dealkylation sites (N-methyl/N-ethyl adjacent to an activating group) is 1. The van der Waals surface area contributed by atoms with E-state index in [2.05, 4.69) is 10.3 Å². The molecule has 8 nitrogen and oxygen atoms in total. The molecule has 1 fully saturated rings. The Kier molecular flexibility index (Phi) is 7.96. The molecule has 0 unspecified atom stereocenters. The number of carbonyl (C=O) groups is 1. The summed E-state index contributed by atoms with van der Waals surface area (Å²) in [6, 6.07) is 6.24. The summed E-state index contributed by atoms with van der Waals surface area (Å²) in [4.78, 5) is 18.1. The zero-order valence-corrected chi connectivity index (χ0v) is 19.1. The molecule has 0 radical (unpaired) electrons.